The van der Waals surface area contributed by atoms with Crippen LogP contribution in [-0.4, -0.2) is 23.9 Å². The summed E-state index contributed by atoms with van der Waals surface area (Å²) in [6.45, 7) is 0. The SMILES string of the molecule is Br.[Cl-].[Cl-].[Cl-].[Sn+4]. The van der Waals surface area contributed by atoms with E-state index in [1.165, 1.54) is 0 Å². The quantitative estimate of drug-likeness (QED) is 0.390. The molecule has 0 saturated carbocycles. The Morgan fingerprint density at radius 2 is 0.600 bits per heavy atom. The molecule has 0 aromatic rings. The molecule has 0 amide bonds. The van der Waals surface area contributed by atoms with Crippen LogP contribution in [0.5, 0.6) is 0 Å². The minimum Gasteiger partial charge on any atom is -1.00 e. The molecule has 0 aliphatic carbocycles. The van der Waals surface area contributed by atoms with Crippen LogP contribution in [0.25, 0.3) is 0 Å². The molecule has 0 atom stereocenters. The molecule has 0 aliphatic rings. The van der Waals surface area contributed by atoms with E-state index >= 15 is 0 Å². The van der Waals surface area contributed by atoms with Gasteiger partial charge in [-0.25, -0.2) is 0 Å². The van der Waals surface area contributed by atoms with Crippen LogP contribution < -0.4 is 37.2 Å². The Morgan fingerprint density at radius 3 is 0.600 bits per heavy atom. The zero-order valence-electron chi connectivity index (χ0n) is 2.04. The van der Waals surface area contributed by atoms with Crippen molar-refractivity contribution in [2.24, 2.45) is 0 Å². The van der Waals surface area contributed by atoms with Gasteiger partial charge in [-0.05, 0) is 0 Å². The molecule has 0 bridgehead atoms. The third kappa shape index (κ3) is 22.9. The molecule has 5 heavy (non-hydrogen) atoms. The van der Waals surface area contributed by atoms with E-state index in [0.29, 0.717) is 0 Å². The van der Waals surface area contributed by atoms with E-state index in [4.69, 9.17) is 0 Å². The van der Waals surface area contributed by atoms with Crippen molar-refractivity contribution < 1.29 is 37.2 Å². The van der Waals surface area contributed by atoms with Gasteiger partial charge in [-0.15, -0.1) is 17.0 Å². The monoisotopic (exact) mass is 305 g/mol. The van der Waals surface area contributed by atoms with E-state index in [1.807, 2.05) is 0 Å². The summed E-state index contributed by atoms with van der Waals surface area (Å²) in [4.78, 5) is 0. The van der Waals surface area contributed by atoms with Crippen LogP contribution in [0.3, 0.4) is 0 Å². The van der Waals surface area contributed by atoms with E-state index in [1.54, 1.807) is 0 Å². The second-order valence-electron chi connectivity index (χ2n) is 0. The van der Waals surface area contributed by atoms with Crippen LogP contribution in [-0.2, 0) is 0 Å². The molecule has 0 aromatic heterocycles. The second kappa shape index (κ2) is 35.3. The smallest absolute Gasteiger partial charge is 1.00 e. The first kappa shape index (κ1) is 58.5. The summed E-state index contributed by atoms with van der Waals surface area (Å²) >= 11 is 0. The van der Waals surface area contributed by atoms with Crippen molar-refractivity contribution in [1.29, 1.82) is 0 Å². The Bertz CT molecular complexity index is 6.85. The fourth-order valence-corrected chi connectivity index (χ4v) is 0. The summed E-state index contributed by atoms with van der Waals surface area (Å²) in [7, 11) is 0. The van der Waals surface area contributed by atoms with Crippen molar-refractivity contribution in [1.82, 2.24) is 0 Å². The Kier molecular flexibility index (Phi) is 413. The maximum atomic E-state index is 0. The first-order valence-corrected chi connectivity index (χ1v) is 0. The van der Waals surface area contributed by atoms with Crippen LogP contribution in [0, 0.1) is 0 Å². The van der Waals surface area contributed by atoms with Gasteiger partial charge in [0.15, 0.2) is 0 Å². The first-order chi connectivity index (χ1) is 0. The standard InChI is InChI=1S/BrH.3ClH.Sn/h4*1H;/q;;;;+4/p-3. The zero-order valence-corrected chi connectivity index (χ0v) is 8.88. The minimum atomic E-state index is 0. The molecular formula is HBrCl3Sn+. The largest absolute Gasteiger partial charge is 4.00 e. The van der Waals surface area contributed by atoms with Gasteiger partial charge in [0.1, 0.15) is 0 Å². The molecule has 0 rings (SSSR count). The van der Waals surface area contributed by atoms with E-state index in [9.17, 15) is 0 Å². The average Bonchev–Trinajstić information content (AvgIpc) is 0. The average molecular weight is 306 g/mol. The van der Waals surface area contributed by atoms with E-state index < -0.39 is 0 Å². The zero-order chi connectivity index (χ0) is 0. The number of hydrogen-bond donors (Lipinski definition) is 0. The molecule has 0 nitrogen and oxygen atoms in total. The van der Waals surface area contributed by atoms with Gasteiger partial charge < -0.3 is 37.2 Å². The van der Waals surface area contributed by atoms with Crippen molar-refractivity contribution in [2.75, 3.05) is 0 Å². The fourth-order valence-electron chi connectivity index (χ4n) is 0. The first-order valence-electron chi connectivity index (χ1n) is 0. The van der Waals surface area contributed by atoms with Gasteiger partial charge in [-0.1, -0.05) is 0 Å². The summed E-state index contributed by atoms with van der Waals surface area (Å²) in [5, 5.41) is 0. The molecular weight excluding hydrogens is 305 g/mol. The van der Waals surface area contributed by atoms with Crippen LogP contribution in [0.4, 0.5) is 0 Å². The molecule has 32 valence electrons. The molecule has 0 aliphatic heterocycles. The molecule has 5 heteroatoms. The molecule has 0 spiro atoms. The van der Waals surface area contributed by atoms with Crippen molar-refractivity contribution in [3.05, 3.63) is 0 Å². The van der Waals surface area contributed by atoms with E-state index in [-0.39, 0.29) is 78.1 Å². The van der Waals surface area contributed by atoms with Gasteiger partial charge in [0, 0.05) is 0 Å². The van der Waals surface area contributed by atoms with Crippen LogP contribution in [0.15, 0.2) is 0 Å². The topological polar surface area (TPSA) is 0 Å². The van der Waals surface area contributed by atoms with Gasteiger partial charge in [-0.3, -0.25) is 0 Å². The van der Waals surface area contributed by atoms with Crippen molar-refractivity contribution >= 4 is 40.9 Å². The molecule has 0 saturated heterocycles. The maximum absolute atomic E-state index is 0. The summed E-state index contributed by atoms with van der Waals surface area (Å²) in [6.07, 6.45) is 0. The molecule has 0 N–H and O–H groups in total. The maximum Gasteiger partial charge on any atom is 4.00 e. The second-order valence-corrected chi connectivity index (χ2v) is 0. The predicted molar refractivity (Wildman–Crippen MR) is 16.1 cm³/mol. The van der Waals surface area contributed by atoms with E-state index in [2.05, 4.69) is 0 Å². The molecule has 0 fully saturated rings. The molecule has 0 heterocycles. The number of halogens is 4. The van der Waals surface area contributed by atoms with Gasteiger partial charge in [0.25, 0.3) is 0 Å². The van der Waals surface area contributed by atoms with Crippen LogP contribution in [0.1, 0.15) is 0 Å². The van der Waals surface area contributed by atoms with Gasteiger partial charge in [-0.2, -0.15) is 0 Å². The molecule has 0 aromatic carbocycles. The number of rotatable bonds is 0. The predicted octanol–water partition coefficient (Wildman–Crippen LogP) is -8.79. The molecule has 0 radical (unpaired) electrons. The Labute approximate surface area is 77.4 Å². The summed E-state index contributed by atoms with van der Waals surface area (Å²) in [5.74, 6) is 0. The summed E-state index contributed by atoms with van der Waals surface area (Å²) < 4.78 is 0. The van der Waals surface area contributed by atoms with Gasteiger partial charge in [0.05, 0.1) is 0 Å². The van der Waals surface area contributed by atoms with Crippen molar-refractivity contribution in [2.45, 2.75) is 0 Å². The fraction of sp³-hybridized carbons (Fsp3) is 0. The summed E-state index contributed by atoms with van der Waals surface area (Å²) in [5.41, 5.74) is 0. The van der Waals surface area contributed by atoms with Crippen molar-refractivity contribution in [3.63, 3.8) is 0 Å². The third-order valence-corrected chi connectivity index (χ3v) is 0. The van der Waals surface area contributed by atoms with Crippen LogP contribution in [0.2, 0.25) is 0 Å². The van der Waals surface area contributed by atoms with Gasteiger partial charge in [0.2, 0.25) is 0 Å². The van der Waals surface area contributed by atoms with Crippen LogP contribution >= 0.6 is 17.0 Å². The third-order valence-electron chi connectivity index (χ3n) is 0. The Balaban J connectivity index is 0. The Hall–Kier alpha value is 2.15. The summed E-state index contributed by atoms with van der Waals surface area (Å²) in [6, 6.07) is 0. The minimum absolute atomic E-state index is 0. The van der Waals surface area contributed by atoms with E-state index in [0.717, 1.165) is 0 Å². The van der Waals surface area contributed by atoms with Gasteiger partial charge >= 0.3 is 23.9 Å². The van der Waals surface area contributed by atoms with Crippen molar-refractivity contribution in [3.8, 4) is 0 Å². The Morgan fingerprint density at radius 1 is 0.600 bits per heavy atom. The normalized spacial score (nSPS) is 0. The number of hydrogen-bond acceptors (Lipinski definition) is 0. The molecule has 0 unspecified atom stereocenters.